The molecule has 1 heterocycles. The summed E-state index contributed by atoms with van der Waals surface area (Å²) in [7, 11) is 0. The highest BCUT2D eigenvalue weighted by atomic mass is 16.7. The Morgan fingerprint density at radius 3 is 2.17 bits per heavy atom. The molecule has 2 rings (SSSR count). The van der Waals surface area contributed by atoms with E-state index in [9.17, 15) is 24.0 Å². The Hall–Kier alpha value is -4.16. The van der Waals surface area contributed by atoms with Crippen LogP contribution in [0.25, 0.3) is 0 Å². The fourth-order valence-corrected chi connectivity index (χ4v) is 3.27. The van der Waals surface area contributed by atoms with Crippen LogP contribution >= 0.6 is 0 Å². The van der Waals surface area contributed by atoms with Crippen molar-refractivity contribution in [3.8, 4) is 0 Å². The van der Waals surface area contributed by atoms with Gasteiger partial charge in [0.05, 0.1) is 0 Å². The van der Waals surface area contributed by atoms with Crippen molar-refractivity contribution in [3.05, 3.63) is 30.3 Å². The third kappa shape index (κ3) is 8.89. The molecule has 1 aromatic rings. The molecule has 2 N–H and O–H groups in total. The van der Waals surface area contributed by atoms with Crippen molar-refractivity contribution >= 4 is 41.5 Å². The minimum atomic E-state index is -1.35. The molecular weight excluding hydrogens is 478 g/mol. The summed E-state index contributed by atoms with van der Waals surface area (Å²) in [6.07, 6.45) is -4.21. The van der Waals surface area contributed by atoms with Crippen molar-refractivity contribution in [2.45, 2.75) is 64.9 Å². The molecule has 0 aromatic heterocycles. The second-order valence-corrected chi connectivity index (χ2v) is 7.70. The van der Waals surface area contributed by atoms with E-state index in [1.165, 1.54) is 0 Å². The lowest BCUT2D eigenvalue weighted by Crippen LogP contribution is -2.64. The second kappa shape index (κ2) is 13.7. The number of para-hydroxylation sites is 1. The Bertz CT molecular complexity index is 982. The molecule has 4 atom stereocenters. The molecule has 0 spiro atoms. The minimum Gasteiger partial charge on any atom is -0.466 e. The summed E-state index contributed by atoms with van der Waals surface area (Å²) < 4.78 is 21.4. The van der Waals surface area contributed by atoms with Crippen LogP contribution in [0.4, 0.5) is 10.5 Å². The van der Waals surface area contributed by atoms with Gasteiger partial charge in [-0.05, 0) is 23.7 Å². The van der Waals surface area contributed by atoms with E-state index in [0.717, 1.165) is 20.8 Å². The van der Waals surface area contributed by atoms with Crippen LogP contribution in [0.5, 0.6) is 0 Å². The maximum Gasteiger partial charge on any atom is 0.437 e. The van der Waals surface area contributed by atoms with Gasteiger partial charge in [-0.25, -0.2) is 4.79 Å². The number of ether oxygens (including phenoxy) is 4. The summed E-state index contributed by atoms with van der Waals surface area (Å²) in [5.41, 5.74) is 0.431. The monoisotopic (exact) mass is 507 g/mol. The zero-order valence-electron chi connectivity index (χ0n) is 20.3. The number of nitrogens with one attached hydrogen (secondary N) is 2. The molecule has 13 nitrogen and oxygen atoms in total. The first-order chi connectivity index (χ1) is 17.1. The van der Waals surface area contributed by atoms with Gasteiger partial charge in [0.1, 0.15) is 12.6 Å². The summed E-state index contributed by atoms with van der Waals surface area (Å²) >= 11 is 0. The fourth-order valence-electron chi connectivity index (χ4n) is 3.27. The topological polar surface area (TPSA) is 168 Å². The molecule has 36 heavy (non-hydrogen) atoms. The lowest BCUT2D eigenvalue weighted by Gasteiger charge is -2.41. The molecule has 0 aliphatic carbocycles. The Kier molecular flexibility index (Phi) is 10.7. The first-order valence-corrected chi connectivity index (χ1v) is 11.2. The molecule has 0 radical (unpaired) electrons. The summed E-state index contributed by atoms with van der Waals surface area (Å²) in [4.78, 5) is 64.7. The maximum atomic E-state index is 12.4. The molecule has 2 amide bonds. The molecule has 0 unspecified atom stereocenters. The number of hydrogen-bond donors (Lipinski definition) is 2. The van der Waals surface area contributed by atoms with E-state index in [1.807, 2.05) is 0 Å². The zero-order chi connectivity index (χ0) is 26.7. The quantitative estimate of drug-likeness (QED) is 0.217. The standard InChI is InChI=1S/C23H29N3O10/c1-5-9-18(30)25-19-21(34-15(4)29)20(33-14(3)28)17(12-32-13(2)27)35-22(19)26-36-23(31)24-16-10-7-6-8-11-16/h6-8,10-11,17,19-21H,5,9,12H2,1-4H3,(H,24,31)(H,25,30)/t17-,19-,20-,21-/m1/s1. The Morgan fingerprint density at radius 1 is 0.944 bits per heavy atom. The number of rotatable bonds is 9. The molecule has 1 fully saturated rings. The Balaban J connectivity index is 2.41. The van der Waals surface area contributed by atoms with Gasteiger partial charge in [-0.3, -0.25) is 29.3 Å². The lowest BCUT2D eigenvalue weighted by molar-refractivity contribution is -0.186. The van der Waals surface area contributed by atoms with E-state index in [2.05, 4.69) is 15.8 Å². The number of esters is 3. The zero-order valence-corrected chi connectivity index (χ0v) is 20.3. The SMILES string of the molecule is CCCC(=O)N[C@H]1C(=NOC(=O)Nc2ccccc2)O[C@H](COC(C)=O)[C@@H](OC(C)=O)[C@@H]1OC(C)=O. The maximum absolute atomic E-state index is 12.4. The van der Waals surface area contributed by atoms with Crippen LogP contribution in [0.2, 0.25) is 0 Å². The highest BCUT2D eigenvalue weighted by Crippen LogP contribution is 2.25. The van der Waals surface area contributed by atoms with E-state index in [0.29, 0.717) is 12.1 Å². The van der Waals surface area contributed by atoms with Crippen LogP contribution in [0.3, 0.4) is 0 Å². The highest BCUT2D eigenvalue weighted by molar-refractivity contribution is 5.90. The number of carbonyl (C=O) groups is 5. The van der Waals surface area contributed by atoms with Crippen LogP contribution in [0, 0.1) is 0 Å². The third-order valence-corrected chi connectivity index (χ3v) is 4.64. The van der Waals surface area contributed by atoms with Gasteiger partial charge >= 0.3 is 24.0 Å². The molecule has 0 bridgehead atoms. The normalized spacial score (nSPS) is 21.9. The van der Waals surface area contributed by atoms with E-state index in [-0.39, 0.29) is 12.3 Å². The van der Waals surface area contributed by atoms with Crippen LogP contribution in [-0.2, 0) is 43.0 Å². The summed E-state index contributed by atoms with van der Waals surface area (Å²) in [6, 6.07) is 7.10. The summed E-state index contributed by atoms with van der Waals surface area (Å²) in [5.74, 6) is -2.98. The molecule has 1 saturated heterocycles. The molecule has 0 saturated carbocycles. The first kappa shape index (κ1) is 28.1. The predicted octanol–water partition coefficient (Wildman–Crippen LogP) is 1.66. The van der Waals surface area contributed by atoms with E-state index in [4.69, 9.17) is 23.8 Å². The number of benzene rings is 1. The fraction of sp³-hybridized carbons (Fsp3) is 0.478. The van der Waals surface area contributed by atoms with E-state index in [1.54, 1.807) is 37.3 Å². The van der Waals surface area contributed by atoms with Crippen molar-refractivity contribution in [1.29, 1.82) is 0 Å². The van der Waals surface area contributed by atoms with Gasteiger partial charge in [0.15, 0.2) is 18.3 Å². The Morgan fingerprint density at radius 2 is 1.58 bits per heavy atom. The van der Waals surface area contributed by atoms with E-state index < -0.39 is 60.9 Å². The number of amides is 2. The largest absolute Gasteiger partial charge is 0.466 e. The molecular formula is C23H29N3O10. The van der Waals surface area contributed by atoms with Crippen molar-refractivity contribution < 1.29 is 47.8 Å². The van der Waals surface area contributed by atoms with Crippen LogP contribution in [0.15, 0.2) is 35.5 Å². The van der Waals surface area contributed by atoms with Crippen LogP contribution in [0.1, 0.15) is 40.5 Å². The van der Waals surface area contributed by atoms with Crippen LogP contribution < -0.4 is 10.6 Å². The summed E-state index contributed by atoms with van der Waals surface area (Å²) in [5, 5.41) is 8.77. The lowest BCUT2D eigenvalue weighted by atomic mass is 9.96. The number of oxime groups is 1. The van der Waals surface area contributed by atoms with Gasteiger partial charge in [-0.1, -0.05) is 25.1 Å². The van der Waals surface area contributed by atoms with E-state index >= 15 is 0 Å². The average Bonchev–Trinajstić information content (AvgIpc) is 2.79. The van der Waals surface area contributed by atoms with Gasteiger partial charge in [0.25, 0.3) is 5.90 Å². The van der Waals surface area contributed by atoms with Crippen molar-refractivity contribution in [3.63, 3.8) is 0 Å². The number of anilines is 1. The first-order valence-electron chi connectivity index (χ1n) is 11.2. The van der Waals surface area contributed by atoms with Gasteiger partial charge in [0.2, 0.25) is 5.91 Å². The van der Waals surface area contributed by atoms with Crippen molar-refractivity contribution in [1.82, 2.24) is 5.32 Å². The molecule has 1 aliphatic heterocycles. The van der Waals surface area contributed by atoms with Gasteiger partial charge < -0.3 is 24.3 Å². The smallest absolute Gasteiger partial charge is 0.437 e. The Labute approximate surface area is 207 Å². The molecule has 196 valence electrons. The molecule has 13 heteroatoms. The minimum absolute atomic E-state index is 0.112. The highest BCUT2D eigenvalue weighted by Gasteiger charge is 2.50. The van der Waals surface area contributed by atoms with Crippen molar-refractivity contribution in [2.75, 3.05) is 11.9 Å². The molecule has 1 aliphatic rings. The van der Waals surface area contributed by atoms with Gasteiger partial charge in [-0.2, -0.15) is 0 Å². The second-order valence-electron chi connectivity index (χ2n) is 7.70. The number of hydrogen-bond acceptors (Lipinski definition) is 11. The summed E-state index contributed by atoms with van der Waals surface area (Å²) in [6.45, 7) is 4.76. The van der Waals surface area contributed by atoms with Gasteiger partial charge in [0, 0.05) is 32.9 Å². The van der Waals surface area contributed by atoms with Crippen LogP contribution in [-0.4, -0.2) is 66.8 Å². The van der Waals surface area contributed by atoms with Crippen molar-refractivity contribution in [2.24, 2.45) is 5.16 Å². The average molecular weight is 507 g/mol. The number of nitrogens with zero attached hydrogens (tertiary/aromatic N) is 1. The third-order valence-electron chi connectivity index (χ3n) is 4.64. The molecule has 1 aromatic carbocycles. The van der Waals surface area contributed by atoms with Gasteiger partial charge in [-0.15, -0.1) is 0 Å². The number of carbonyl (C=O) groups excluding carboxylic acids is 5. The predicted molar refractivity (Wildman–Crippen MR) is 123 cm³/mol.